The lowest BCUT2D eigenvalue weighted by Gasteiger charge is -2.15. The summed E-state index contributed by atoms with van der Waals surface area (Å²) in [6.45, 7) is 1.52. The predicted octanol–water partition coefficient (Wildman–Crippen LogP) is 3.27. The Morgan fingerprint density at radius 1 is 1.15 bits per heavy atom. The Morgan fingerprint density at radius 3 is 2.50 bits per heavy atom. The monoisotopic (exact) mass is 446 g/mol. The quantitative estimate of drug-likeness (QED) is 0.685. The van der Waals surface area contributed by atoms with Gasteiger partial charge in [0.1, 0.15) is 0 Å². The van der Waals surface area contributed by atoms with Crippen LogP contribution in [0.5, 0.6) is 0 Å². The number of nitrogens with one attached hydrogen (secondary N) is 2. The molecular weight excluding hydrogens is 430 g/mol. The van der Waals surface area contributed by atoms with E-state index >= 15 is 0 Å². The standard InChI is InChI=1S/C17H17BrF2N2O3S/c1-11(12-6-7-14(19)15(20)10-12)22-17(23)8-9-21-26(24,25)16-5-3-2-4-13(16)18/h2-7,10-11,21H,8-9H2,1H3,(H,22,23). The summed E-state index contributed by atoms with van der Waals surface area (Å²) in [5, 5.41) is 2.61. The van der Waals surface area contributed by atoms with Crippen molar-refractivity contribution in [3.05, 3.63) is 64.1 Å². The van der Waals surface area contributed by atoms with Crippen molar-refractivity contribution in [2.45, 2.75) is 24.3 Å². The lowest BCUT2D eigenvalue weighted by molar-refractivity contribution is -0.121. The van der Waals surface area contributed by atoms with Crippen LogP contribution >= 0.6 is 15.9 Å². The number of carbonyl (C=O) groups excluding carboxylic acids is 1. The summed E-state index contributed by atoms with van der Waals surface area (Å²) in [4.78, 5) is 12.0. The third-order valence-corrected chi connectivity index (χ3v) is 6.06. The van der Waals surface area contributed by atoms with E-state index in [-0.39, 0.29) is 17.9 Å². The van der Waals surface area contributed by atoms with Crippen LogP contribution in [0.2, 0.25) is 0 Å². The Labute approximate surface area is 159 Å². The molecule has 2 N–H and O–H groups in total. The van der Waals surface area contributed by atoms with E-state index in [1.807, 2.05) is 0 Å². The lowest BCUT2D eigenvalue weighted by atomic mass is 10.1. The smallest absolute Gasteiger partial charge is 0.241 e. The number of sulfonamides is 1. The molecule has 0 radical (unpaired) electrons. The van der Waals surface area contributed by atoms with Crippen LogP contribution in [-0.2, 0) is 14.8 Å². The summed E-state index contributed by atoms with van der Waals surface area (Å²) in [6, 6.07) is 9.15. The molecule has 0 saturated carbocycles. The number of benzene rings is 2. The average molecular weight is 447 g/mol. The zero-order valence-corrected chi connectivity index (χ0v) is 16.2. The Bertz CT molecular complexity index is 907. The molecule has 0 heterocycles. The molecule has 0 aromatic heterocycles. The predicted molar refractivity (Wildman–Crippen MR) is 96.9 cm³/mol. The number of amides is 1. The third-order valence-electron chi connectivity index (χ3n) is 3.59. The molecule has 2 aromatic rings. The Morgan fingerprint density at radius 2 is 1.85 bits per heavy atom. The van der Waals surface area contributed by atoms with Gasteiger partial charge in [-0.05, 0) is 52.7 Å². The van der Waals surface area contributed by atoms with Crippen molar-refractivity contribution >= 4 is 31.9 Å². The molecule has 9 heteroatoms. The molecule has 1 unspecified atom stereocenters. The number of hydrogen-bond acceptors (Lipinski definition) is 3. The van der Waals surface area contributed by atoms with Crippen LogP contribution in [0.25, 0.3) is 0 Å². The van der Waals surface area contributed by atoms with E-state index in [0.29, 0.717) is 10.0 Å². The highest BCUT2D eigenvalue weighted by Crippen LogP contribution is 2.20. The van der Waals surface area contributed by atoms with Gasteiger partial charge in [-0.15, -0.1) is 0 Å². The maximum absolute atomic E-state index is 13.2. The summed E-state index contributed by atoms with van der Waals surface area (Å²) < 4.78 is 53.3. The molecule has 5 nitrogen and oxygen atoms in total. The van der Waals surface area contributed by atoms with Gasteiger partial charge < -0.3 is 5.32 Å². The molecule has 0 saturated heterocycles. The minimum absolute atomic E-state index is 0.0792. The van der Waals surface area contributed by atoms with Crippen molar-refractivity contribution in [1.82, 2.24) is 10.0 Å². The highest BCUT2D eigenvalue weighted by Gasteiger charge is 2.17. The zero-order valence-electron chi connectivity index (χ0n) is 13.8. The molecular formula is C17H17BrF2N2O3S. The summed E-state index contributed by atoms with van der Waals surface area (Å²) in [6.07, 6.45) is -0.0995. The maximum atomic E-state index is 13.2. The number of carbonyl (C=O) groups is 1. The van der Waals surface area contributed by atoms with Gasteiger partial charge in [0, 0.05) is 17.4 Å². The Kier molecular flexibility index (Phi) is 6.85. The van der Waals surface area contributed by atoms with Gasteiger partial charge in [-0.25, -0.2) is 21.9 Å². The third kappa shape index (κ3) is 5.33. The first-order valence-electron chi connectivity index (χ1n) is 7.69. The van der Waals surface area contributed by atoms with E-state index in [1.165, 1.54) is 12.1 Å². The van der Waals surface area contributed by atoms with Gasteiger partial charge in [0.25, 0.3) is 0 Å². The van der Waals surface area contributed by atoms with Gasteiger partial charge in [0.2, 0.25) is 15.9 Å². The second kappa shape index (κ2) is 8.70. The minimum atomic E-state index is -3.75. The van der Waals surface area contributed by atoms with Gasteiger partial charge in [-0.2, -0.15) is 0 Å². The largest absolute Gasteiger partial charge is 0.350 e. The molecule has 0 aliphatic heterocycles. The molecule has 1 amide bonds. The highest BCUT2D eigenvalue weighted by molar-refractivity contribution is 9.10. The highest BCUT2D eigenvalue weighted by atomic mass is 79.9. The van der Waals surface area contributed by atoms with Crippen molar-refractivity contribution in [3.63, 3.8) is 0 Å². The fourth-order valence-corrected chi connectivity index (χ4v) is 4.25. The zero-order chi connectivity index (χ0) is 19.3. The first-order valence-corrected chi connectivity index (χ1v) is 9.97. The first kappa shape index (κ1) is 20.5. The molecule has 0 spiro atoms. The summed E-state index contributed by atoms with van der Waals surface area (Å²) in [5.41, 5.74) is 0.408. The number of halogens is 3. The van der Waals surface area contributed by atoms with Gasteiger partial charge >= 0.3 is 0 Å². The summed E-state index contributed by atoms with van der Waals surface area (Å²) in [5.74, 6) is -2.38. The van der Waals surface area contributed by atoms with Crippen molar-refractivity contribution in [3.8, 4) is 0 Å². The molecule has 0 bridgehead atoms. The molecule has 2 aromatic carbocycles. The van der Waals surface area contributed by atoms with E-state index in [2.05, 4.69) is 26.0 Å². The van der Waals surface area contributed by atoms with Crippen molar-refractivity contribution < 1.29 is 22.0 Å². The molecule has 0 aliphatic rings. The van der Waals surface area contributed by atoms with Crippen LogP contribution in [0.4, 0.5) is 8.78 Å². The van der Waals surface area contributed by atoms with E-state index in [4.69, 9.17) is 0 Å². The van der Waals surface area contributed by atoms with Crippen LogP contribution in [0.15, 0.2) is 51.8 Å². The average Bonchev–Trinajstić information content (AvgIpc) is 2.57. The normalized spacial score (nSPS) is 12.6. The topological polar surface area (TPSA) is 75.3 Å². The van der Waals surface area contributed by atoms with Gasteiger partial charge in [-0.1, -0.05) is 18.2 Å². The van der Waals surface area contributed by atoms with Gasteiger partial charge in [0.15, 0.2) is 11.6 Å². The van der Waals surface area contributed by atoms with Crippen molar-refractivity contribution in [1.29, 1.82) is 0 Å². The summed E-state index contributed by atoms with van der Waals surface area (Å²) >= 11 is 3.17. The van der Waals surface area contributed by atoms with E-state index in [9.17, 15) is 22.0 Å². The fraction of sp³-hybridized carbons (Fsp3) is 0.235. The van der Waals surface area contributed by atoms with E-state index in [0.717, 1.165) is 12.1 Å². The SMILES string of the molecule is CC(NC(=O)CCNS(=O)(=O)c1ccccc1Br)c1ccc(F)c(F)c1. The van der Waals surface area contributed by atoms with Crippen LogP contribution in [-0.4, -0.2) is 20.9 Å². The summed E-state index contributed by atoms with van der Waals surface area (Å²) in [7, 11) is -3.75. The fourth-order valence-electron chi connectivity index (χ4n) is 2.22. The van der Waals surface area contributed by atoms with E-state index < -0.39 is 33.6 Å². The van der Waals surface area contributed by atoms with Crippen molar-refractivity contribution in [2.24, 2.45) is 0 Å². The van der Waals surface area contributed by atoms with Gasteiger partial charge in [-0.3, -0.25) is 4.79 Å². The first-order chi connectivity index (χ1) is 12.2. The Hall–Kier alpha value is -1.84. The lowest BCUT2D eigenvalue weighted by Crippen LogP contribution is -2.32. The molecule has 0 fully saturated rings. The molecule has 2 rings (SSSR count). The van der Waals surface area contributed by atoms with E-state index in [1.54, 1.807) is 25.1 Å². The van der Waals surface area contributed by atoms with Crippen LogP contribution in [0.1, 0.15) is 24.9 Å². The maximum Gasteiger partial charge on any atom is 0.241 e. The second-order valence-corrected chi connectivity index (χ2v) is 8.13. The number of hydrogen-bond donors (Lipinski definition) is 2. The van der Waals surface area contributed by atoms with Gasteiger partial charge in [0.05, 0.1) is 10.9 Å². The van der Waals surface area contributed by atoms with Crippen LogP contribution < -0.4 is 10.0 Å². The second-order valence-electron chi connectivity index (χ2n) is 5.54. The van der Waals surface area contributed by atoms with Crippen LogP contribution in [0, 0.1) is 11.6 Å². The number of rotatable bonds is 7. The van der Waals surface area contributed by atoms with Crippen LogP contribution in [0.3, 0.4) is 0 Å². The Balaban J connectivity index is 1.88. The van der Waals surface area contributed by atoms with Crippen molar-refractivity contribution in [2.75, 3.05) is 6.54 Å². The molecule has 1 atom stereocenters. The molecule has 26 heavy (non-hydrogen) atoms. The minimum Gasteiger partial charge on any atom is -0.350 e. The molecule has 0 aliphatic carbocycles. The molecule has 140 valence electrons.